The smallest absolute Gasteiger partial charge is 0.253 e. The van der Waals surface area contributed by atoms with Gasteiger partial charge < -0.3 is 15.0 Å². The Morgan fingerprint density at radius 1 is 1.29 bits per heavy atom. The number of carbonyl (C=O) groups excluding carboxylic acids is 2. The summed E-state index contributed by atoms with van der Waals surface area (Å²) in [5.41, 5.74) is 0.634. The number of carbonyl (C=O) groups is 2. The molecule has 1 fully saturated rings. The Bertz CT molecular complexity index is 563. The number of likely N-dealkylation sites (tertiary alicyclic amines) is 1. The minimum Gasteiger partial charge on any atom is -0.497 e. The molecule has 0 radical (unpaired) electrons. The number of rotatable bonds is 6. The first-order chi connectivity index (χ1) is 11.5. The number of nitrogens with zero attached hydrogens (tertiary/aromatic N) is 1. The number of piperidine rings is 1. The summed E-state index contributed by atoms with van der Waals surface area (Å²) in [6.07, 6.45) is 2.45. The molecule has 0 saturated carbocycles. The van der Waals surface area contributed by atoms with Crippen LogP contribution in [0.4, 0.5) is 0 Å². The lowest BCUT2D eigenvalue weighted by atomic mass is 9.95. The Morgan fingerprint density at radius 2 is 2.00 bits per heavy atom. The van der Waals surface area contributed by atoms with Gasteiger partial charge in [-0.25, -0.2) is 0 Å². The van der Waals surface area contributed by atoms with Crippen molar-refractivity contribution in [1.29, 1.82) is 0 Å². The standard InChI is InChI=1S/C19H28N2O3/c1-14(2)7-10-20-18(22)15-8-11-21(12-9-15)19(23)16-5-4-6-17(13-16)24-3/h4-6,13-15H,7-12H2,1-3H3,(H,20,22). The molecular weight excluding hydrogens is 304 g/mol. The Hall–Kier alpha value is -2.04. The third-order valence-corrected chi connectivity index (χ3v) is 4.49. The maximum Gasteiger partial charge on any atom is 0.253 e. The molecule has 5 heteroatoms. The summed E-state index contributed by atoms with van der Waals surface area (Å²) in [6, 6.07) is 7.20. The van der Waals surface area contributed by atoms with Crippen LogP contribution < -0.4 is 10.1 Å². The van der Waals surface area contributed by atoms with Crippen LogP contribution in [0.2, 0.25) is 0 Å². The maximum atomic E-state index is 12.6. The lowest BCUT2D eigenvalue weighted by Gasteiger charge is -2.31. The van der Waals surface area contributed by atoms with E-state index in [9.17, 15) is 9.59 Å². The molecule has 0 spiro atoms. The average Bonchev–Trinajstić information content (AvgIpc) is 2.61. The Morgan fingerprint density at radius 3 is 2.62 bits per heavy atom. The van der Waals surface area contributed by atoms with Crippen molar-refractivity contribution < 1.29 is 14.3 Å². The third kappa shape index (κ3) is 4.98. The minimum atomic E-state index is 0.00701. The fourth-order valence-electron chi connectivity index (χ4n) is 2.91. The van der Waals surface area contributed by atoms with Crippen LogP contribution in [0.3, 0.4) is 0 Å². The van der Waals surface area contributed by atoms with Gasteiger partial charge in [-0.1, -0.05) is 19.9 Å². The average molecular weight is 332 g/mol. The van der Waals surface area contributed by atoms with Crippen molar-refractivity contribution in [3.05, 3.63) is 29.8 Å². The molecule has 1 aromatic rings. The van der Waals surface area contributed by atoms with E-state index in [2.05, 4.69) is 19.2 Å². The molecule has 0 aliphatic carbocycles. The Labute approximate surface area is 144 Å². The van der Waals surface area contributed by atoms with E-state index in [0.29, 0.717) is 30.3 Å². The highest BCUT2D eigenvalue weighted by Crippen LogP contribution is 2.21. The first-order valence-corrected chi connectivity index (χ1v) is 8.72. The van der Waals surface area contributed by atoms with Gasteiger partial charge in [0.1, 0.15) is 5.75 Å². The summed E-state index contributed by atoms with van der Waals surface area (Å²) in [7, 11) is 1.59. The summed E-state index contributed by atoms with van der Waals surface area (Å²) in [5, 5.41) is 3.02. The van der Waals surface area contributed by atoms with E-state index < -0.39 is 0 Å². The Balaban J connectivity index is 1.83. The molecule has 24 heavy (non-hydrogen) atoms. The second kappa shape index (κ2) is 8.71. The minimum absolute atomic E-state index is 0.00701. The topological polar surface area (TPSA) is 58.6 Å². The fraction of sp³-hybridized carbons (Fsp3) is 0.579. The third-order valence-electron chi connectivity index (χ3n) is 4.49. The highest BCUT2D eigenvalue weighted by Gasteiger charge is 2.27. The van der Waals surface area contributed by atoms with Gasteiger partial charge in [-0.15, -0.1) is 0 Å². The normalized spacial score (nSPS) is 15.4. The molecule has 1 N–H and O–H groups in total. The molecule has 1 aliphatic heterocycles. The van der Waals surface area contributed by atoms with Crippen LogP contribution >= 0.6 is 0 Å². The Kier molecular flexibility index (Phi) is 6.64. The number of benzene rings is 1. The fourth-order valence-corrected chi connectivity index (χ4v) is 2.91. The summed E-state index contributed by atoms with van der Waals surface area (Å²) in [5.74, 6) is 1.43. The first kappa shape index (κ1) is 18.3. The van der Waals surface area contributed by atoms with E-state index in [1.54, 1.807) is 19.2 Å². The zero-order valence-electron chi connectivity index (χ0n) is 14.9. The molecule has 1 heterocycles. The van der Waals surface area contributed by atoms with Gasteiger partial charge in [-0.3, -0.25) is 9.59 Å². The molecule has 0 bridgehead atoms. The van der Waals surface area contributed by atoms with Crippen LogP contribution in [-0.2, 0) is 4.79 Å². The lowest BCUT2D eigenvalue weighted by Crippen LogP contribution is -2.43. The zero-order chi connectivity index (χ0) is 17.5. The highest BCUT2D eigenvalue weighted by molar-refractivity contribution is 5.94. The summed E-state index contributed by atoms with van der Waals surface area (Å²) < 4.78 is 5.17. The molecule has 1 aromatic carbocycles. The number of hydrogen-bond donors (Lipinski definition) is 1. The molecule has 1 aliphatic rings. The SMILES string of the molecule is COc1cccc(C(=O)N2CCC(C(=O)NCCC(C)C)CC2)c1. The van der Waals surface area contributed by atoms with Gasteiger partial charge in [-0.05, 0) is 43.4 Å². The molecule has 132 valence electrons. The molecule has 0 atom stereocenters. The van der Waals surface area contributed by atoms with Crippen LogP contribution in [0.25, 0.3) is 0 Å². The van der Waals surface area contributed by atoms with E-state index in [4.69, 9.17) is 4.74 Å². The second-order valence-corrected chi connectivity index (χ2v) is 6.77. The van der Waals surface area contributed by atoms with Gasteiger partial charge in [0.05, 0.1) is 7.11 Å². The van der Waals surface area contributed by atoms with Crippen molar-refractivity contribution in [3.63, 3.8) is 0 Å². The van der Waals surface area contributed by atoms with Gasteiger partial charge in [0.25, 0.3) is 5.91 Å². The van der Waals surface area contributed by atoms with E-state index in [0.717, 1.165) is 25.8 Å². The van der Waals surface area contributed by atoms with Crippen LogP contribution in [-0.4, -0.2) is 43.5 Å². The molecule has 0 aromatic heterocycles. The van der Waals surface area contributed by atoms with E-state index in [1.807, 2.05) is 17.0 Å². The number of ether oxygens (including phenoxy) is 1. The molecule has 1 saturated heterocycles. The van der Waals surface area contributed by atoms with E-state index >= 15 is 0 Å². The van der Waals surface area contributed by atoms with Gasteiger partial charge >= 0.3 is 0 Å². The van der Waals surface area contributed by atoms with E-state index in [-0.39, 0.29) is 17.7 Å². The molecule has 2 amide bonds. The van der Waals surface area contributed by atoms with Crippen molar-refractivity contribution in [1.82, 2.24) is 10.2 Å². The number of amides is 2. The van der Waals surface area contributed by atoms with Crippen molar-refractivity contribution in [3.8, 4) is 5.75 Å². The molecule has 2 rings (SSSR count). The van der Waals surface area contributed by atoms with Crippen molar-refractivity contribution in [2.45, 2.75) is 33.1 Å². The zero-order valence-corrected chi connectivity index (χ0v) is 14.9. The van der Waals surface area contributed by atoms with Crippen LogP contribution in [0.1, 0.15) is 43.5 Å². The maximum absolute atomic E-state index is 12.6. The monoisotopic (exact) mass is 332 g/mol. The summed E-state index contributed by atoms with van der Waals surface area (Å²) in [4.78, 5) is 26.6. The summed E-state index contributed by atoms with van der Waals surface area (Å²) in [6.45, 7) is 6.28. The number of nitrogens with one attached hydrogen (secondary N) is 1. The molecule has 0 unspecified atom stereocenters. The van der Waals surface area contributed by atoms with Crippen LogP contribution in [0.5, 0.6) is 5.75 Å². The first-order valence-electron chi connectivity index (χ1n) is 8.72. The number of hydrogen-bond acceptors (Lipinski definition) is 3. The second-order valence-electron chi connectivity index (χ2n) is 6.77. The molecule has 5 nitrogen and oxygen atoms in total. The van der Waals surface area contributed by atoms with Gasteiger partial charge in [0.15, 0.2) is 0 Å². The number of methoxy groups -OCH3 is 1. The molecular formula is C19H28N2O3. The largest absolute Gasteiger partial charge is 0.497 e. The summed E-state index contributed by atoms with van der Waals surface area (Å²) >= 11 is 0. The van der Waals surface area contributed by atoms with E-state index in [1.165, 1.54) is 0 Å². The predicted octanol–water partition coefficient (Wildman–Crippen LogP) is 2.71. The van der Waals surface area contributed by atoms with Crippen molar-refractivity contribution in [2.75, 3.05) is 26.7 Å². The van der Waals surface area contributed by atoms with Crippen molar-refractivity contribution in [2.24, 2.45) is 11.8 Å². The predicted molar refractivity (Wildman–Crippen MR) is 94.1 cm³/mol. The van der Waals surface area contributed by atoms with Gasteiger partial charge in [-0.2, -0.15) is 0 Å². The van der Waals surface area contributed by atoms with Gasteiger partial charge in [0.2, 0.25) is 5.91 Å². The van der Waals surface area contributed by atoms with Crippen molar-refractivity contribution >= 4 is 11.8 Å². The highest BCUT2D eigenvalue weighted by atomic mass is 16.5. The van der Waals surface area contributed by atoms with Gasteiger partial charge in [0, 0.05) is 31.1 Å². The quantitative estimate of drug-likeness (QED) is 0.871. The lowest BCUT2D eigenvalue weighted by molar-refractivity contribution is -0.126. The van der Waals surface area contributed by atoms with Crippen LogP contribution in [0.15, 0.2) is 24.3 Å². The van der Waals surface area contributed by atoms with Crippen LogP contribution in [0, 0.1) is 11.8 Å².